The summed E-state index contributed by atoms with van der Waals surface area (Å²) < 4.78 is 84.7. The summed E-state index contributed by atoms with van der Waals surface area (Å²) in [6.07, 6.45) is -0.689. The zero-order valence-electron chi connectivity index (χ0n) is 19.3. The van der Waals surface area contributed by atoms with E-state index in [0.29, 0.717) is 12.8 Å². The molecule has 0 spiro atoms. The fraction of sp³-hybridized carbons (Fsp3) is 0.478. The molecule has 1 fully saturated rings. The Morgan fingerprint density at radius 3 is 2.49 bits per heavy atom. The van der Waals surface area contributed by atoms with E-state index in [1.165, 1.54) is 25.1 Å². The van der Waals surface area contributed by atoms with Crippen molar-refractivity contribution in [1.29, 1.82) is 0 Å². The number of nitrogens with zero attached hydrogens (tertiary/aromatic N) is 1. The lowest BCUT2D eigenvalue weighted by atomic mass is 9.94. The fourth-order valence-corrected chi connectivity index (χ4v) is 4.28. The quantitative estimate of drug-likeness (QED) is 0.490. The van der Waals surface area contributed by atoms with Crippen LogP contribution in [0.1, 0.15) is 60.9 Å². The van der Waals surface area contributed by atoms with Gasteiger partial charge in [0.2, 0.25) is 21.8 Å². The molecule has 1 aromatic heterocycles. The number of rotatable bonds is 9. The van der Waals surface area contributed by atoms with E-state index in [9.17, 15) is 30.8 Å². The zero-order valence-corrected chi connectivity index (χ0v) is 20.1. The molecule has 1 aliphatic rings. The number of sulfonamides is 1. The van der Waals surface area contributed by atoms with Crippen molar-refractivity contribution in [3.05, 3.63) is 58.5 Å². The summed E-state index contributed by atoms with van der Waals surface area (Å²) in [6.45, 7) is 1.04. The number of hydrogen-bond donors (Lipinski definition) is 2. The van der Waals surface area contributed by atoms with Gasteiger partial charge in [0.15, 0.2) is 0 Å². The van der Waals surface area contributed by atoms with Crippen LogP contribution in [-0.2, 0) is 34.1 Å². The molecule has 0 radical (unpaired) electrons. The second-order valence-electron chi connectivity index (χ2n) is 8.52. The Bertz CT molecular complexity index is 1170. The molecule has 192 valence electrons. The van der Waals surface area contributed by atoms with Gasteiger partial charge >= 0.3 is 6.18 Å². The van der Waals surface area contributed by atoms with Gasteiger partial charge in [0.05, 0.1) is 12.2 Å². The first kappa shape index (κ1) is 26.9. The van der Waals surface area contributed by atoms with Gasteiger partial charge < -0.3 is 10.1 Å². The third-order valence-electron chi connectivity index (χ3n) is 5.79. The smallest absolute Gasteiger partial charge is 0.433 e. The van der Waals surface area contributed by atoms with Crippen molar-refractivity contribution in [3.8, 4) is 5.88 Å². The van der Waals surface area contributed by atoms with E-state index in [4.69, 9.17) is 4.74 Å². The second-order valence-corrected chi connectivity index (χ2v) is 10.4. The molecule has 3 rings (SSSR count). The predicted molar refractivity (Wildman–Crippen MR) is 120 cm³/mol. The molecular formula is C23H27F4N3O4S. The molecule has 0 saturated heterocycles. The molecule has 1 unspecified atom stereocenters. The summed E-state index contributed by atoms with van der Waals surface area (Å²) in [5, 5.41) is 2.64. The molecule has 35 heavy (non-hydrogen) atoms. The van der Waals surface area contributed by atoms with Crippen molar-refractivity contribution in [2.45, 2.75) is 63.9 Å². The molecule has 1 amide bonds. The molecule has 1 heterocycles. The summed E-state index contributed by atoms with van der Waals surface area (Å²) >= 11 is 0. The molecule has 1 aromatic carbocycles. The minimum Gasteiger partial charge on any atom is -0.474 e. The van der Waals surface area contributed by atoms with Crippen LogP contribution in [0.25, 0.3) is 0 Å². The predicted octanol–water partition coefficient (Wildman–Crippen LogP) is 4.03. The number of carbonyl (C=O) groups excluding carboxylic acids is 1. The zero-order chi connectivity index (χ0) is 25.8. The van der Waals surface area contributed by atoms with E-state index in [1.807, 2.05) is 0 Å². The number of halogens is 4. The lowest BCUT2D eigenvalue weighted by Gasteiger charge is -2.19. The van der Waals surface area contributed by atoms with Crippen LogP contribution in [0.3, 0.4) is 0 Å². The van der Waals surface area contributed by atoms with Crippen molar-refractivity contribution < 1.29 is 35.5 Å². The molecule has 12 heteroatoms. The summed E-state index contributed by atoms with van der Waals surface area (Å²) in [5.41, 5.74) is -0.492. The van der Waals surface area contributed by atoms with Gasteiger partial charge in [-0.15, -0.1) is 0 Å². The van der Waals surface area contributed by atoms with Crippen LogP contribution in [0.15, 0.2) is 30.3 Å². The molecule has 7 nitrogen and oxygen atoms in total. The van der Waals surface area contributed by atoms with Crippen LogP contribution in [0, 0.1) is 5.82 Å². The highest BCUT2D eigenvalue weighted by Crippen LogP contribution is 2.32. The largest absolute Gasteiger partial charge is 0.474 e. The summed E-state index contributed by atoms with van der Waals surface area (Å²) in [6, 6.07) is 6.13. The van der Waals surface area contributed by atoms with E-state index in [0.717, 1.165) is 31.2 Å². The Hall–Kier alpha value is -2.73. The summed E-state index contributed by atoms with van der Waals surface area (Å²) in [7, 11) is -3.60. The standard InChI is InChI=1S/C23H27F4N3O4S/c1-14(17-8-5-9-19(24)18(17)13-29-35(2,32)33)21(31)28-12-15-10-11-20(23(25,26)27)30-22(15)34-16-6-3-4-7-16/h5,8-11,14,16,29H,3-4,6-7,12-13H2,1-2H3,(H,28,31). The minimum absolute atomic E-state index is 0.0297. The third kappa shape index (κ3) is 7.38. The summed E-state index contributed by atoms with van der Waals surface area (Å²) in [5.74, 6) is -2.24. The van der Waals surface area contributed by atoms with Crippen LogP contribution in [0.5, 0.6) is 5.88 Å². The molecule has 1 saturated carbocycles. The maximum absolute atomic E-state index is 14.4. The van der Waals surface area contributed by atoms with Crippen molar-refractivity contribution in [2.75, 3.05) is 6.26 Å². The number of carbonyl (C=O) groups is 1. The molecule has 1 atom stereocenters. The summed E-state index contributed by atoms with van der Waals surface area (Å²) in [4.78, 5) is 16.5. The number of hydrogen-bond acceptors (Lipinski definition) is 5. The Labute approximate surface area is 201 Å². The maximum atomic E-state index is 14.4. The Kier molecular flexibility index (Phi) is 8.37. The van der Waals surface area contributed by atoms with Gasteiger partial charge in [0.1, 0.15) is 17.6 Å². The third-order valence-corrected chi connectivity index (χ3v) is 6.46. The topological polar surface area (TPSA) is 97.4 Å². The van der Waals surface area contributed by atoms with Crippen molar-refractivity contribution in [1.82, 2.24) is 15.0 Å². The van der Waals surface area contributed by atoms with Gasteiger partial charge in [-0.3, -0.25) is 4.79 Å². The van der Waals surface area contributed by atoms with Crippen LogP contribution in [0.2, 0.25) is 0 Å². The minimum atomic E-state index is -4.64. The SMILES string of the molecule is CC(C(=O)NCc1ccc(C(F)(F)F)nc1OC1CCCC1)c1cccc(F)c1CNS(C)(=O)=O. The Balaban J connectivity index is 1.77. The van der Waals surface area contributed by atoms with Gasteiger partial charge in [-0.25, -0.2) is 22.5 Å². The number of alkyl halides is 3. The van der Waals surface area contributed by atoms with E-state index < -0.39 is 39.5 Å². The number of pyridine rings is 1. The van der Waals surface area contributed by atoms with Crippen LogP contribution < -0.4 is 14.8 Å². The molecule has 2 aromatic rings. The van der Waals surface area contributed by atoms with Gasteiger partial charge in [0, 0.05) is 24.2 Å². The molecule has 0 aliphatic heterocycles. The number of amides is 1. The van der Waals surface area contributed by atoms with Gasteiger partial charge in [-0.2, -0.15) is 13.2 Å². The lowest BCUT2D eigenvalue weighted by Crippen LogP contribution is -2.30. The highest BCUT2D eigenvalue weighted by atomic mass is 32.2. The van der Waals surface area contributed by atoms with E-state index in [1.54, 1.807) is 0 Å². The normalized spacial score (nSPS) is 15.7. The average molecular weight is 518 g/mol. The van der Waals surface area contributed by atoms with Crippen molar-refractivity contribution in [2.24, 2.45) is 0 Å². The van der Waals surface area contributed by atoms with Gasteiger partial charge in [0.25, 0.3) is 0 Å². The van der Waals surface area contributed by atoms with E-state index in [2.05, 4.69) is 15.0 Å². The highest BCUT2D eigenvalue weighted by Gasteiger charge is 2.34. The van der Waals surface area contributed by atoms with Crippen molar-refractivity contribution >= 4 is 15.9 Å². The maximum Gasteiger partial charge on any atom is 0.433 e. The second kappa shape index (κ2) is 10.9. The number of ether oxygens (including phenoxy) is 1. The first-order chi connectivity index (χ1) is 16.3. The van der Waals surface area contributed by atoms with E-state index >= 15 is 0 Å². The molecule has 0 bridgehead atoms. The lowest BCUT2D eigenvalue weighted by molar-refractivity contribution is -0.141. The number of nitrogens with one attached hydrogen (secondary N) is 2. The number of benzene rings is 1. The molecule has 2 N–H and O–H groups in total. The average Bonchev–Trinajstić information content (AvgIpc) is 3.28. The van der Waals surface area contributed by atoms with E-state index in [-0.39, 0.29) is 41.8 Å². The molecular weight excluding hydrogens is 490 g/mol. The monoisotopic (exact) mass is 517 g/mol. The van der Waals surface area contributed by atoms with Crippen LogP contribution in [-0.4, -0.2) is 31.7 Å². The van der Waals surface area contributed by atoms with Crippen LogP contribution in [0.4, 0.5) is 17.6 Å². The first-order valence-electron chi connectivity index (χ1n) is 11.1. The fourth-order valence-electron chi connectivity index (χ4n) is 3.88. The van der Waals surface area contributed by atoms with Gasteiger partial charge in [-0.05, 0) is 56.4 Å². The first-order valence-corrected chi connectivity index (χ1v) is 13.0. The molecule has 1 aliphatic carbocycles. The highest BCUT2D eigenvalue weighted by molar-refractivity contribution is 7.88. The Morgan fingerprint density at radius 2 is 1.86 bits per heavy atom. The van der Waals surface area contributed by atoms with Crippen molar-refractivity contribution in [3.63, 3.8) is 0 Å². The van der Waals surface area contributed by atoms with Crippen LogP contribution >= 0.6 is 0 Å². The number of aromatic nitrogens is 1. The van der Waals surface area contributed by atoms with Gasteiger partial charge in [-0.1, -0.05) is 12.1 Å². The Morgan fingerprint density at radius 1 is 1.17 bits per heavy atom.